The van der Waals surface area contributed by atoms with Gasteiger partial charge in [0.05, 0.1) is 7.11 Å². The number of likely N-dealkylation sites (tertiary alicyclic amines) is 1. The molecule has 2 aromatic carbocycles. The Balaban J connectivity index is 1.79. The summed E-state index contributed by atoms with van der Waals surface area (Å²) in [6.07, 6.45) is 2.14. The summed E-state index contributed by atoms with van der Waals surface area (Å²) < 4.78 is 11.7. The van der Waals surface area contributed by atoms with Crippen LogP contribution >= 0.6 is 0 Å². The number of methoxy groups -OCH3 is 1. The van der Waals surface area contributed by atoms with Gasteiger partial charge in [0.15, 0.2) is 0 Å². The highest BCUT2D eigenvalue weighted by Gasteiger charge is 2.23. The molecule has 0 bridgehead atoms. The monoisotopic (exact) mass is 395 g/mol. The lowest BCUT2D eigenvalue weighted by molar-refractivity contribution is 0.0697. The van der Waals surface area contributed by atoms with E-state index < -0.39 is 0 Å². The molecular weight excluding hydrogens is 362 g/mol. The van der Waals surface area contributed by atoms with E-state index in [0.717, 1.165) is 48.6 Å². The van der Waals surface area contributed by atoms with Crippen molar-refractivity contribution < 1.29 is 14.3 Å². The minimum Gasteiger partial charge on any atom is -0.496 e. The second-order valence-corrected chi connectivity index (χ2v) is 9.04. The predicted octanol–water partition coefficient (Wildman–Crippen LogP) is 5.44. The van der Waals surface area contributed by atoms with E-state index in [-0.39, 0.29) is 11.3 Å². The molecule has 0 atom stereocenters. The minimum atomic E-state index is -0.0100. The molecule has 1 amide bonds. The standard InChI is InChI=1S/C25H33NO3/c1-18-12-14-26(15-13-18)24(27)19-10-11-22(28-5)20(16-19)17-29-23-9-7-6-8-21(23)25(2,3)4/h6-11,16,18H,12-15,17H2,1-5H3. The van der Waals surface area contributed by atoms with E-state index in [1.54, 1.807) is 7.11 Å². The van der Waals surface area contributed by atoms with E-state index in [9.17, 15) is 4.79 Å². The lowest BCUT2D eigenvalue weighted by Crippen LogP contribution is -2.37. The third-order valence-electron chi connectivity index (χ3n) is 5.68. The first-order chi connectivity index (χ1) is 13.8. The van der Waals surface area contributed by atoms with Crippen LogP contribution in [0.15, 0.2) is 42.5 Å². The van der Waals surface area contributed by atoms with Gasteiger partial charge in [0.1, 0.15) is 18.1 Å². The molecule has 3 rings (SSSR count). The number of piperidine rings is 1. The molecule has 1 saturated heterocycles. The zero-order valence-electron chi connectivity index (χ0n) is 18.3. The number of hydrogen-bond donors (Lipinski definition) is 0. The number of hydrogen-bond acceptors (Lipinski definition) is 3. The van der Waals surface area contributed by atoms with Crippen molar-refractivity contribution >= 4 is 5.91 Å². The van der Waals surface area contributed by atoms with E-state index in [4.69, 9.17) is 9.47 Å². The van der Waals surface area contributed by atoms with Gasteiger partial charge in [0.25, 0.3) is 5.91 Å². The van der Waals surface area contributed by atoms with E-state index >= 15 is 0 Å². The van der Waals surface area contributed by atoms with Crippen LogP contribution < -0.4 is 9.47 Å². The van der Waals surface area contributed by atoms with Crippen LogP contribution in [0.3, 0.4) is 0 Å². The van der Waals surface area contributed by atoms with Crippen LogP contribution in [0.2, 0.25) is 0 Å². The van der Waals surface area contributed by atoms with Crippen molar-refractivity contribution in [1.29, 1.82) is 0 Å². The van der Waals surface area contributed by atoms with Gasteiger partial charge >= 0.3 is 0 Å². The van der Waals surface area contributed by atoms with Gasteiger partial charge < -0.3 is 14.4 Å². The average Bonchev–Trinajstić information content (AvgIpc) is 2.71. The first-order valence-corrected chi connectivity index (χ1v) is 10.5. The van der Waals surface area contributed by atoms with Gasteiger partial charge in [0, 0.05) is 24.2 Å². The van der Waals surface area contributed by atoms with Crippen LogP contribution in [0.5, 0.6) is 11.5 Å². The van der Waals surface area contributed by atoms with Gasteiger partial charge in [0.2, 0.25) is 0 Å². The fourth-order valence-electron chi connectivity index (χ4n) is 3.79. The van der Waals surface area contributed by atoms with E-state index in [1.807, 2.05) is 41.3 Å². The molecule has 4 heteroatoms. The van der Waals surface area contributed by atoms with Gasteiger partial charge in [-0.2, -0.15) is 0 Å². The molecule has 0 aromatic heterocycles. The number of nitrogens with zero attached hydrogens (tertiary/aromatic N) is 1. The summed E-state index contributed by atoms with van der Waals surface area (Å²) in [7, 11) is 1.65. The predicted molar refractivity (Wildman–Crippen MR) is 117 cm³/mol. The number of para-hydroxylation sites is 1. The van der Waals surface area contributed by atoms with Gasteiger partial charge in [-0.3, -0.25) is 4.79 Å². The van der Waals surface area contributed by atoms with Crippen LogP contribution in [-0.2, 0) is 12.0 Å². The smallest absolute Gasteiger partial charge is 0.253 e. The van der Waals surface area contributed by atoms with Crippen molar-refractivity contribution in [3.63, 3.8) is 0 Å². The molecule has 1 heterocycles. The SMILES string of the molecule is COc1ccc(C(=O)N2CCC(C)CC2)cc1COc1ccccc1C(C)(C)C. The number of rotatable bonds is 5. The number of ether oxygens (including phenoxy) is 2. The Labute approximate surface area is 174 Å². The fourth-order valence-corrected chi connectivity index (χ4v) is 3.79. The molecule has 0 aliphatic carbocycles. The van der Waals surface area contributed by atoms with Crippen molar-refractivity contribution in [3.05, 3.63) is 59.2 Å². The van der Waals surface area contributed by atoms with E-state index in [0.29, 0.717) is 18.1 Å². The normalized spacial score (nSPS) is 15.3. The zero-order valence-corrected chi connectivity index (χ0v) is 18.3. The van der Waals surface area contributed by atoms with Crippen molar-refractivity contribution in [2.24, 2.45) is 5.92 Å². The van der Waals surface area contributed by atoms with Crippen LogP contribution in [-0.4, -0.2) is 31.0 Å². The van der Waals surface area contributed by atoms with Crippen molar-refractivity contribution in [2.75, 3.05) is 20.2 Å². The summed E-state index contributed by atoms with van der Waals surface area (Å²) in [4.78, 5) is 14.9. The van der Waals surface area contributed by atoms with E-state index in [2.05, 4.69) is 33.8 Å². The topological polar surface area (TPSA) is 38.8 Å². The fraction of sp³-hybridized carbons (Fsp3) is 0.480. The van der Waals surface area contributed by atoms with Crippen LogP contribution in [0.1, 0.15) is 62.0 Å². The summed E-state index contributed by atoms with van der Waals surface area (Å²) >= 11 is 0. The molecule has 1 aliphatic heterocycles. The molecule has 0 unspecified atom stereocenters. The summed E-state index contributed by atoms with van der Waals surface area (Å²) in [5, 5.41) is 0. The molecule has 0 radical (unpaired) electrons. The zero-order chi connectivity index (χ0) is 21.0. The first kappa shape index (κ1) is 21.2. The van der Waals surface area contributed by atoms with Crippen molar-refractivity contribution in [2.45, 2.75) is 52.6 Å². The molecule has 1 fully saturated rings. The molecule has 0 spiro atoms. The molecule has 0 saturated carbocycles. The highest BCUT2D eigenvalue weighted by molar-refractivity contribution is 5.94. The lowest BCUT2D eigenvalue weighted by atomic mass is 9.86. The maximum atomic E-state index is 13.0. The third kappa shape index (κ3) is 5.11. The highest BCUT2D eigenvalue weighted by Crippen LogP contribution is 2.32. The largest absolute Gasteiger partial charge is 0.496 e. The summed E-state index contributed by atoms with van der Waals surface area (Å²) in [6, 6.07) is 13.8. The highest BCUT2D eigenvalue weighted by atomic mass is 16.5. The number of amides is 1. The lowest BCUT2D eigenvalue weighted by Gasteiger charge is -2.30. The Hall–Kier alpha value is -2.49. The summed E-state index contributed by atoms with van der Waals surface area (Å²) in [5.41, 5.74) is 2.73. The van der Waals surface area contributed by atoms with Crippen LogP contribution in [0, 0.1) is 5.92 Å². The molecule has 29 heavy (non-hydrogen) atoms. The quantitative estimate of drug-likeness (QED) is 0.676. The summed E-state index contributed by atoms with van der Waals surface area (Å²) in [6.45, 7) is 10.8. The Morgan fingerprint density at radius 3 is 2.41 bits per heavy atom. The first-order valence-electron chi connectivity index (χ1n) is 10.5. The van der Waals surface area contributed by atoms with Gasteiger partial charge in [-0.15, -0.1) is 0 Å². The van der Waals surface area contributed by atoms with Crippen LogP contribution in [0.4, 0.5) is 0 Å². The summed E-state index contributed by atoms with van der Waals surface area (Å²) in [5.74, 6) is 2.39. The van der Waals surface area contributed by atoms with Crippen LogP contribution in [0.25, 0.3) is 0 Å². The molecule has 2 aromatic rings. The Morgan fingerprint density at radius 1 is 1.07 bits per heavy atom. The second-order valence-electron chi connectivity index (χ2n) is 9.04. The Morgan fingerprint density at radius 2 is 1.76 bits per heavy atom. The van der Waals surface area contributed by atoms with Crippen molar-refractivity contribution in [3.8, 4) is 11.5 Å². The van der Waals surface area contributed by atoms with Gasteiger partial charge in [-0.05, 0) is 54.0 Å². The molecule has 0 N–H and O–H groups in total. The number of carbonyl (C=O) groups is 1. The molecule has 156 valence electrons. The van der Waals surface area contributed by atoms with Gasteiger partial charge in [-0.1, -0.05) is 45.9 Å². The molecule has 4 nitrogen and oxygen atoms in total. The minimum absolute atomic E-state index is 0.0100. The number of benzene rings is 2. The molecular formula is C25H33NO3. The van der Waals surface area contributed by atoms with Crippen molar-refractivity contribution in [1.82, 2.24) is 4.90 Å². The third-order valence-corrected chi connectivity index (χ3v) is 5.68. The molecule has 1 aliphatic rings. The average molecular weight is 396 g/mol. The number of carbonyl (C=O) groups excluding carboxylic acids is 1. The second kappa shape index (κ2) is 8.89. The maximum Gasteiger partial charge on any atom is 0.253 e. The van der Waals surface area contributed by atoms with E-state index in [1.165, 1.54) is 0 Å². The van der Waals surface area contributed by atoms with Gasteiger partial charge in [-0.25, -0.2) is 0 Å². The Kier molecular flexibility index (Phi) is 6.51. The Bertz CT molecular complexity index is 845. The maximum absolute atomic E-state index is 13.0.